The van der Waals surface area contributed by atoms with Crippen LogP contribution in [-0.4, -0.2) is 26.9 Å². The fourth-order valence-electron chi connectivity index (χ4n) is 1.68. The molecule has 1 heterocycles. The lowest BCUT2D eigenvalue weighted by atomic mass is 10.1. The van der Waals surface area contributed by atoms with Crippen LogP contribution in [-0.2, 0) is 4.74 Å². The fraction of sp³-hybridized carbons (Fsp3) is 0.455. The van der Waals surface area contributed by atoms with Crippen LogP contribution in [0.4, 0.5) is 0 Å². The Kier molecular flexibility index (Phi) is 3.61. The summed E-state index contributed by atoms with van der Waals surface area (Å²) in [6.07, 6.45) is 0. The highest BCUT2D eigenvalue weighted by Gasteiger charge is 2.18. The smallest absolute Gasteiger partial charge is 0.119 e. The quantitative estimate of drug-likeness (QED) is 0.894. The third-order valence-corrected chi connectivity index (χ3v) is 3.22. The molecule has 0 aromatic heterocycles. The van der Waals surface area contributed by atoms with E-state index in [1.165, 1.54) is 5.56 Å². The molecule has 2 rings (SSSR count). The summed E-state index contributed by atoms with van der Waals surface area (Å²) in [5.74, 6) is 0.876. The minimum absolute atomic E-state index is 0.253. The molecule has 1 fully saturated rings. The Bertz CT molecular complexity index is 337. The van der Waals surface area contributed by atoms with E-state index in [2.05, 4.69) is 21.2 Å². The first-order valence-corrected chi connectivity index (χ1v) is 5.75. The minimum atomic E-state index is 0.253. The van der Waals surface area contributed by atoms with Crippen LogP contribution in [0.3, 0.4) is 0 Å². The summed E-state index contributed by atoms with van der Waals surface area (Å²) in [5, 5.41) is 3.42. The van der Waals surface area contributed by atoms with Gasteiger partial charge in [-0.1, -0.05) is 15.9 Å². The van der Waals surface area contributed by atoms with E-state index in [-0.39, 0.29) is 6.04 Å². The number of nitrogens with one attached hydrogen (secondary N) is 1. The van der Waals surface area contributed by atoms with Gasteiger partial charge in [0.05, 0.1) is 26.4 Å². The molecule has 0 radical (unpaired) electrons. The van der Waals surface area contributed by atoms with E-state index >= 15 is 0 Å². The molecule has 1 aliphatic rings. The lowest BCUT2D eigenvalue weighted by molar-refractivity contribution is 0.0766. The maximum Gasteiger partial charge on any atom is 0.119 e. The van der Waals surface area contributed by atoms with Crippen LogP contribution >= 0.6 is 15.9 Å². The van der Waals surface area contributed by atoms with Crippen LogP contribution in [0.25, 0.3) is 0 Å². The Labute approximate surface area is 97.9 Å². The highest BCUT2D eigenvalue weighted by Crippen LogP contribution is 2.28. The van der Waals surface area contributed by atoms with E-state index in [0.29, 0.717) is 6.61 Å². The number of morpholine rings is 1. The molecule has 1 N–H and O–H groups in total. The van der Waals surface area contributed by atoms with Gasteiger partial charge in [0.2, 0.25) is 0 Å². The zero-order valence-corrected chi connectivity index (χ0v) is 10.2. The summed E-state index contributed by atoms with van der Waals surface area (Å²) in [5.41, 5.74) is 1.19. The number of hydrogen-bond acceptors (Lipinski definition) is 3. The van der Waals surface area contributed by atoms with Crippen molar-refractivity contribution in [2.75, 3.05) is 26.9 Å². The van der Waals surface area contributed by atoms with Gasteiger partial charge in [-0.25, -0.2) is 0 Å². The van der Waals surface area contributed by atoms with Crippen LogP contribution in [0, 0.1) is 0 Å². The number of hydrogen-bond donors (Lipinski definition) is 1. The monoisotopic (exact) mass is 271 g/mol. The third-order valence-electron chi connectivity index (χ3n) is 2.50. The Morgan fingerprint density at radius 2 is 2.40 bits per heavy atom. The summed E-state index contributed by atoms with van der Waals surface area (Å²) in [4.78, 5) is 0. The van der Waals surface area contributed by atoms with E-state index < -0.39 is 0 Å². The van der Waals surface area contributed by atoms with Crippen LogP contribution in [0.2, 0.25) is 0 Å². The summed E-state index contributed by atoms with van der Waals surface area (Å²) >= 11 is 3.54. The standard InChI is InChI=1S/C11H14BrNO2/c1-14-8-2-3-10(12)9(6-8)11-7-15-5-4-13-11/h2-3,6,11,13H,4-5,7H2,1H3/t11-/m0/s1. The van der Waals surface area contributed by atoms with Crippen molar-refractivity contribution in [2.24, 2.45) is 0 Å². The van der Waals surface area contributed by atoms with Crippen molar-refractivity contribution in [1.29, 1.82) is 0 Å². The summed E-state index contributed by atoms with van der Waals surface area (Å²) in [7, 11) is 1.68. The van der Waals surface area contributed by atoms with Gasteiger partial charge in [-0.3, -0.25) is 0 Å². The lowest BCUT2D eigenvalue weighted by Crippen LogP contribution is -2.34. The van der Waals surface area contributed by atoms with Crippen molar-refractivity contribution in [3.05, 3.63) is 28.2 Å². The van der Waals surface area contributed by atoms with Crippen LogP contribution in [0.1, 0.15) is 11.6 Å². The minimum Gasteiger partial charge on any atom is -0.497 e. The summed E-state index contributed by atoms with van der Waals surface area (Å²) in [6, 6.07) is 6.24. The van der Waals surface area contributed by atoms with Crippen molar-refractivity contribution in [3.8, 4) is 5.75 Å². The molecular weight excluding hydrogens is 258 g/mol. The first-order chi connectivity index (χ1) is 7.31. The molecular formula is C11H14BrNO2. The second-order valence-electron chi connectivity index (χ2n) is 3.47. The molecule has 4 heteroatoms. The second-order valence-corrected chi connectivity index (χ2v) is 4.32. The Balaban J connectivity index is 2.24. The number of methoxy groups -OCH3 is 1. The summed E-state index contributed by atoms with van der Waals surface area (Å²) in [6.45, 7) is 2.40. The Hall–Kier alpha value is -0.580. The molecule has 3 nitrogen and oxygen atoms in total. The van der Waals surface area contributed by atoms with Gasteiger partial charge < -0.3 is 14.8 Å². The average molecular weight is 272 g/mol. The summed E-state index contributed by atoms with van der Waals surface area (Å²) < 4.78 is 11.7. The lowest BCUT2D eigenvalue weighted by Gasteiger charge is -2.25. The van der Waals surface area contributed by atoms with Gasteiger partial charge in [0, 0.05) is 11.0 Å². The van der Waals surface area contributed by atoms with Crippen molar-refractivity contribution >= 4 is 15.9 Å². The number of halogens is 1. The molecule has 0 spiro atoms. The van der Waals surface area contributed by atoms with Crippen molar-refractivity contribution in [3.63, 3.8) is 0 Å². The third kappa shape index (κ3) is 2.51. The SMILES string of the molecule is COc1ccc(Br)c([C@@H]2COCCN2)c1. The number of benzene rings is 1. The van der Waals surface area contributed by atoms with E-state index in [9.17, 15) is 0 Å². The van der Waals surface area contributed by atoms with E-state index in [4.69, 9.17) is 9.47 Å². The van der Waals surface area contributed by atoms with E-state index in [0.717, 1.165) is 23.4 Å². The molecule has 0 bridgehead atoms. The van der Waals surface area contributed by atoms with Crippen LogP contribution < -0.4 is 10.1 Å². The van der Waals surface area contributed by atoms with Gasteiger partial charge in [0.25, 0.3) is 0 Å². The molecule has 0 aliphatic carbocycles. The molecule has 0 saturated carbocycles. The van der Waals surface area contributed by atoms with E-state index in [1.807, 2.05) is 18.2 Å². The van der Waals surface area contributed by atoms with Gasteiger partial charge in [-0.05, 0) is 23.8 Å². The molecule has 1 atom stereocenters. The predicted octanol–water partition coefficient (Wildman–Crippen LogP) is 2.12. The predicted molar refractivity (Wildman–Crippen MR) is 62.3 cm³/mol. The van der Waals surface area contributed by atoms with Gasteiger partial charge >= 0.3 is 0 Å². The zero-order chi connectivity index (χ0) is 10.7. The topological polar surface area (TPSA) is 30.5 Å². The van der Waals surface area contributed by atoms with Crippen molar-refractivity contribution in [1.82, 2.24) is 5.32 Å². The molecule has 1 aromatic carbocycles. The molecule has 15 heavy (non-hydrogen) atoms. The maximum absolute atomic E-state index is 5.44. The largest absolute Gasteiger partial charge is 0.497 e. The molecule has 1 saturated heterocycles. The maximum atomic E-state index is 5.44. The van der Waals surface area contributed by atoms with Crippen LogP contribution in [0.15, 0.2) is 22.7 Å². The molecule has 1 aliphatic heterocycles. The molecule has 1 aromatic rings. The van der Waals surface area contributed by atoms with Gasteiger partial charge in [-0.2, -0.15) is 0 Å². The normalized spacial score (nSPS) is 21.3. The van der Waals surface area contributed by atoms with Crippen LogP contribution in [0.5, 0.6) is 5.75 Å². The second kappa shape index (κ2) is 4.96. The van der Waals surface area contributed by atoms with Crippen molar-refractivity contribution < 1.29 is 9.47 Å². The highest BCUT2D eigenvalue weighted by molar-refractivity contribution is 9.10. The Morgan fingerprint density at radius 1 is 1.53 bits per heavy atom. The van der Waals surface area contributed by atoms with E-state index in [1.54, 1.807) is 7.11 Å². The fourth-order valence-corrected chi connectivity index (χ4v) is 2.20. The average Bonchev–Trinajstić information content (AvgIpc) is 2.31. The van der Waals surface area contributed by atoms with Gasteiger partial charge in [0.15, 0.2) is 0 Å². The first-order valence-electron chi connectivity index (χ1n) is 4.96. The first kappa shape index (κ1) is 10.9. The highest BCUT2D eigenvalue weighted by atomic mass is 79.9. The Morgan fingerprint density at radius 3 is 3.07 bits per heavy atom. The zero-order valence-electron chi connectivity index (χ0n) is 8.63. The molecule has 0 unspecified atom stereocenters. The molecule has 82 valence electrons. The van der Waals surface area contributed by atoms with Gasteiger partial charge in [0.1, 0.15) is 5.75 Å². The number of rotatable bonds is 2. The van der Waals surface area contributed by atoms with Crippen molar-refractivity contribution in [2.45, 2.75) is 6.04 Å². The number of ether oxygens (including phenoxy) is 2. The molecule has 0 amide bonds. The van der Waals surface area contributed by atoms with Gasteiger partial charge in [-0.15, -0.1) is 0 Å².